The summed E-state index contributed by atoms with van der Waals surface area (Å²) in [6.07, 6.45) is 0. The molecule has 0 unspecified atom stereocenters. The summed E-state index contributed by atoms with van der Waals surface area (Å²) in [5.74, 6) is -0.200. The highest BCUT2D eigenvalue weighted by atomic mass is 32.2. The zero-order chi connectivity index (χ0) is 13.7. The number of hydrazine groups is 1. The number of rotatable bonds is 4. The molecule has 1 heterocycles. The summed E-state index contributed by atoms with van der Waals surface area (Å²) in [5.41, 5.74) is 0.889. The molecule has 0 aromatic heterocycles. The summed E-state index contributed by atoms with van der Waals surface area (Å²) in [6, 6.07) is 8.69. The minimum atomic E-state index is -3.50. The van der Waals surface area contributed by atoms with Crippen LogP contribution in [0.5, 0.6) is 0 Å². The average molecular weight is 281 g/mol. The fourth-order valence-electron chi connectivity index (χ4n) is 1.84. The van der Waals surface area contributed by atoms with E-state index in [1.54, 1.807) is 29.3 Å². The minimum absolute atomic E-state index is 0.200. The van der Waals surface area contributed by atoms with Crippen LogP contribution in [0.25, 0.3) is 0 Å². The molecule has 102 valence electrons. The molecule has 6 nitrogen and oxygen atoms in total. The van der Waals surface area contributed by atoms with Crippen LogP contribution in [0.4, 0.5) is 0 Å². The van der Waals surface area contributed by atoms with E-state index in [-0.39, 0.29) is 5.75 Å². The van der Waals surface area contributed by atoms with Crippen molar-refractivity contribution in [1.29, 1.82) is 5.26 Å². The molecule has 0 spiro atoms. The SMILES string of the molecule is N#Cc1ccccc1CS(=O)(=O)NN1CCOCC1. The molecule has 1 N–H and O–H groups in total. The fraction of sp³-hybridized carbons (Fsp3) is 0.417. The standard InChI is InChI=1S/C12H15N3O3S/c13-9-11-3-1-2-4-12(11)10-19(16,17)14-15-5-7-18-8-6-15/h1-4,14H,5-8,10H2. The van der Waals surface area contributed by atoms with Gasteiger partial charge in [-0.2, -0.15) is 5.26 Å². The number of ether oxygens (including phenoxy) is 1. The first-order valence-corrected chi connectivity index (χ1v) is 7.57. The maximum Gasteiger partial charge on any atom is 0.228 e. The molecule has 0 amide bonds. The molecule has 1 aromatic carbocycles. The molecule has 0 bridgehead atoms. The molecule has 1 aromatic rings. The molecule has 1 fully saturated rings. The summed E-state index contributed by atoms with van der Waals surface area (Å²) in [5, 5.41) is 10.6. The minimum Gasteiger partial charge on any atom is -0.379 e. The number of benzene rings is 1. The quantitative estimate of drug-likeness (QED) is 0.854. The van der Waals surface area contributed by atoms with Crippen molar-refractivity contribution in [3.05, 3.63) is 35.4 Å². The van der Waals surface area contributed by atoms with Gasteiger partial charge in [0.25, 0.3) is 0 Å². The Balaban J connectivity index is 2.06. The molecule has 1 aliphatic rings. The summed E-state index contributed by atoms with van der Waals surface area (Å²) < 4.78 is 29.2. The summed E-state index contributed by atoms with van der Waals surface area (Å²) in [6.45, 7) is 2.08. The monoisotopic (exact) mass is 281 g/mol. The lowest BCUT2D eigenvalue weighted by Crippen LogP contribution is -2.48. The number of nitrogens with zero attached hydrogens (tertiary/aromatic N) is 2. The van der Waals surface area contributed by atoms with E-state index in [0.29, 0.717) is 37.4 Å². The summed E-state index contributed by atoms with van der Waals surface area (Å²) in [7, 11) is -3.50. The Morgan fingerprint density at radius 2 is 2.00 bits per heavy atom. The van der Waals surface area contributed by atoms with Gasteiger partial charge in [0.2, 0.25) is 10.0 Å². The molecule has 0 radical (unpaired) electrons. The van der Waals surface area contributed by atoms with E-state index in [1.165, 1.54) is 0 Å². The topological polar surface area (TPSA) is 82.4 Å². The van der Waals surface area contributed by atoms with E-state index in [1.807, 2.05) is 6.07 Å². The van der Waals surface area contributed by atoms with Crippen molar-refractivity contribution in [1.82, 2.24) is 9.84 Å². The molecule has 1 aliphatic heterocycles. The van der Waals surface area contributed by atoms with Gasteiger partial charge < -0.3 is 4.74 Å². The number of morpholine rings is 1. The molecule has 0 aliphatic carbocycles. The van der Waals surface area contributed by atoms with Crippen molar-refractivity contribution in [2.75, 3.05) is 26.3 Å². The molecule has 1 saturated heterocycles. The zero-order valence-electron chi connectivity index (χ0n) is 10.4. The molecular weight excluding hydrogens is 266 g/mol. The second kappa shape index (κ2) is 6.12. The van der Waals surface area contributed by atoms with Crippen LogP contribution < -0.4 is 4.83 Å². The van der Waals surface area contributed by atoms with Crippen molar-refractivity contribution in [3.63, 3.8) is 0 Å². The lowest BCUT2D eigenvalue weighted by molar-refractivity contribution is 0.0272. The lowest BCUT2D eigenvalue weighted by Gasteiger charge is -2.26. The van der Waals surface area contributed by atoms with Gasteiger partial charge in [0.1, 0.15) is 0 Å². The largest absolute Gasteiger partial charge is 0.379 e. The van der Waals surface area contributed by atoms with Gasteiger partial charge in [0, 0.05) is 13.1 Å². The van der Waals surface area contributed by atoms with Crippen LogP contribution in [-0.4, -0.2) is 39.7 Å². The van der Waals surface area contributed by atoms with E-state index < -0.39 is 10.0 Å². The van der Waals surface area contributed by atoms with Crippen molar-refractivity contribution in [3.8, 4) is 6.07 Å². The Labute approximate surface area is 112 Å². The van der Waals surface area contributed by atoms with Crippen LogP contribution in [-0.2, 0) is 20.5 Å². The number of hydrogen-bond donors (Lipinski definition) is 1. The molecule has 2 rings (SSSR count). The van der Waals surface area contributed by atoms with Crippen molar-refractivity contribution < 1.29 is 13.2 Å². The van der Waals surface area contributed by atoms with Crippen LogP contribution in [0, 0.1) is 11.3 Å². The van der Waals surface area contributed by atoms with Crippen molar-refractivity contribution in [2.24, 2.45) is 0 Å². The second-order valence-corrected chi connectivity index (χ2v) is 5.92. The summed E-state index contributed by atoms with van der Waals surface area (Å²) in [4.78, 5) is 2.51. The van der Waals surface area contributed by atoms with Gasteiger partial charge in [0.15, 0.2) is 0 Å². The molecule has 0 atom stereocenters. The number of hydrogen-bond acceptors (Lipinski definition) is 5. The van der Waals surface area contributed by atoms with Crippen LogP contribution >= 0.6 is 0 Å². The third kappa shape index (κ3) is 4.01. The van der Waals surface area contributed by atoms with E-state index >= 15 is 0 Å². The smallest absolute Gasteiger partial charge is 0.228 e. The fourth-order valence-corrected chi connectivity index (χ4v) is 3.15. The molecule has 19 heavy (non-hydrogen) atoms. The third-order valence-corrected chi connectivity index (χ3v) is 3.99. The predicted octanol–water partition coefficient (Wildman–Crippen LogP) is 0.225. The number of nitriles is 1. The Morgan fingerprint density at radius 1 is 1.32 bits per heavy atom. The molecule has 7 heteroatoms. The normalized spacial score (nSPS) is 17.0. The zero-order valence-corrected chi connectivity index (χ0v) is 11.2. The van der Waals surface area contributed by atoms with Crippen LogP contribution in [0.3, 0.4) is 0 Å². The van der Waals surface area contributed by atoms with Crippen LogP contribution in [0.15, 0.2) is 24.3 Å². The van der Waals surface area contributed by atoms with Gasteiger partial charge in [-0.25, -0.2) is 13.4 Å². The number of nitrogens with one attached hydrogen (secondary N) is 1. The second-order valence-electron chi connectivity index (χ2n) is 4.22. The maximum absolute atomic E-state index is 12.0. The van der Waals surface area contributed by atoms with Gasteiger partial charge in [0.05, 0.1) is 30.6 Å². The highest BCUT2D eigenvalue weighted by Crippen LogP contribution is 2.11. The average Bonchev–Trinajstić information content (AvgIpc) is 2.39. The van der Waals surface area contributed by atoms with Crippen LogP contribution in [0.2, 0.25) is 0 Å². The number of sulfonamides is 1. The Hall–Kier alpha value is -1.46. The van der Waals surface area contributed by atoms with Crippen molar-refractivity contribution in [2.45, 2.75) is 5.75 Å². The first-order valence-electron chi connectivity index (χ1n) is 5.91. The molecule has 0 saturated carbocycles. The van der Waals surface area contributed by atoms with Gasteiger partial charge in [-0.15, -0.1) is 4.83 Å². The van der Waals surface area contributed by atoms with Crippen molar-refractivity contribution >= 4 is 10.0 Å². The third-order valence-electron chi connectivity index (χ3n) is 2.76. The first-order chi connectivity index (χ1) is 9.11. The lowest BCUT2D eigenvalue weighted by atomic mass is 10.1. The van der Waals surface area contributed by atoms with Gasteiger partial charge in [-0.1, -0.05) is 18.2 Å². The predicted molar refractivity (Wildman–Crippen MR) is 69.3 cm³/mol. The van der Waals surface area contributed by atoms with E-state index in [0.717, 1.165) is 0 Å². The van der Waals surface area contributed by atoms with E-state index in [2.05, 4.69) is 4.83 Å². The summed E-state index contributed by atoms with van der Waals surface area (Å²) >= 11 is 0. The Bertz CT molecular complexity index is 574. The van der Waals surface area contributed by atoms with Crippen LogP contribution in [0.1, 0.15) is 11.1 Å². The Kier molecular flexibility index (Phi) is 4.50. The van der Waals surface area contributed by atoms with E-state index in [9.17, 15) is 8.42 Å². The first kappa shape index (κ1) is 14.0. The van der Waals surface area contributed by atoms with Gasteiger partial charge in [-0.05, 0) is 11.6 Å². The van der Waals surface area contributed by atoms with Gasteiger partial charge >= 0.3 is 0 Å². The van der Waals surface area contributed by atoms with Gasteiger partial charge in [-0.3, -0.25) is 0 Å². The maximum atomic E-state index is 12.0. The Morgan fingerprint density at radius 3 is 2.68 bits per heavy atom. The highest BCUT2D eigenvalue weighted by Gasteiger charge is 2.19. The molecular formula is C12H15N3O3S. The highest BCUT2D eigenvalue weighted by molar-refractivity contribution is 7.88. The van der Waals surface area contributed by atoms with E-state index in [4.69, 9.17) is 10.00 Å².